The molecule has 104 valence electrons. The van der Waals surface area contributed by atoms with Crippen molar-refractivity contribution in [3.63, 3.8) is 0 Å². The minimum absolute atomic E-state index is 0.250. The molecule has 18 heavy (non-hydrogen) atoms. The van der Waals surface area contributed by atoms with Crippen molar-refractivity contribution in [2.24, 2.45) is 11.7 Å². The summed E-state index contributed by atoms with van der Waals surface area (Å²) in [5.41, 5.74) is 6.31. The smallest absolute Gasteiger partial charge is 0.400 e. The average molecular weight is 253 g/mol. The first-order valence-electron chi connectivity index (χ1n) is 7.00. The van der Waals surface area contributed by atoms with Gasteiger partial charge in [0.1, 0.15) is 0 Å². The second-order valence-electron chi connectivity index (χ2n) is 6.22. The second-order valence-corrected chi connectivity index (χ2v) is 6.22. The Morgan fingerprint density at radius 2 is 1.72 bits per heavy atom. The van der Waals surface area contributed by atoms with E-state index in [9.17, 15) is 0 Å². The normalized spacial score (nSPS) is 24.4. The highest BCUT2D eigenvalue weighted by Crippen LogP contribution is 2.40. The van der Waals surface area contributed by atoms with Gasteiger partial charge in [-0.2, -0.15) is 0 Å². The fourth-order valence-electron chi connectivity index (χ4n) is 2.24. The first kappa shape index (κ1) is 15.7. The first-order chi connectivity index (χ1) is 8.25. The lowest BCUT2D eigenvalue weighted by atomic mass is 9.70. The quantitative estimate of drug-likeness (QED) is 0.766. The molecular weight excluding hydrogens is 225 g/mol. The molecule has 1 heterocycles. The molecule has 0 radical (unpaired) electrons. The van der Waals surface area contributed by atoms with Crippen LogP contribution < -0.4 is 5.73 Å². The largest absolute Gasteiger partial charge is 0.490 e. The molecule has 0 saturated carbocycles. The highest BCUT2D eigenvalue weighted by molar-refractivity contribution is 6.54. The Kier molecular flexibility index (Phi) is 5.04. The van der Waals surface area contributed by atoms with Crippen molar-refractivity contribution in [3.05, 3.63) is 11.5 Å². The summed E-state index contributed by atoms with van der Waals surface area (Å²) < 4.78 is 12.2. The monoisotopic (exact) mass is 253 g/mol. The van der Waals surface area contributed by atoms with Crippen LogP contribution in [-0.4, -0.2) is 24.9 Å². The first-order valence-corrected chi connectivity index (χ1v) is 7.00. The molecule has 0 spiro atoms. The summed E-state index contributed by atoms with van der Waals surface area (Å²) in [6.45, 7) is 13.3. The summed E-state index contributed by atoms with van der Waals surface area (Å²) >= 11 is 0. The molecule has 0 aromatic rings. The van der Waals surface area contributed by atoms with Crippen molar-refractivity contribution < 1.29 is 9.31 Å². The Labute approximate surface area is 112 Å². The summed E-state index contributed by atoms with van der Waals surface area (Å²) in [4.78, 5) is 0. The molecule has 1 atom stereocenters. The van der Waals surface area contributed by atoms with Gasteiger partial charge in [-0.1, -0.05) is 26.3 Å². The molecule has 0 aliphatic carbocycles. The minimum Gasteiger partial charge on any atom is -0.400 e. The highest BCUT2D eigenvalue weighted by atomic mass is 16.7. The maximum Gasteiger partial charge on any atom is 0.490 e. The zero-order valence-corrected chi connectivity index (χ0v) is 12.7. The Morgan fingerprint density at radius 1 is 1.22 bits per heavy atom. The van der Waals surface area contributed by atoms with Crippen LogP contribution in [0, 0.1) is 5.92 Å². The lowest BCUT2D eigenvalue weighted by Crippen LogP contribution is -2.41. The van der Waals surface area contributed by atoms with Gasteiger partial charge in [-0.3, -0.25) is 0 Å². The van der Waals surface area contributed by atoms with E-state index in [1.807, 2.05) is 0 Å². The number of allylic oxidation sites excluding steroid dienone is 1. The molecule has 0 bridgehead atoms. The minimum atomic E-state index is -0.280. The van der Waals surface area contributed by atoms with Crippen LogP contribution in [0.15, 0.2) is 11.5 Å². The zero-order valence-electron chi connectivity index (χ0n) is 12.7. The summed E-state index contributed by atoms with van der Waals surface area (Å²) in [6.07, 6.45) is 4.35. The molecular formula is C14H28BNO2. The number of hydrogen-bond acceptors (Lipinski definition) is 3. The van der Waals surface area contributed by atoms with E-state index in [1.54, 1.807) is 0 Å². The van der Waals surface area contributed by atoms with Gasteiger partial charge in [0.15, 0.2) is 0 Å². The summed E-state index contributed by atoms with van der Waals surface area (Å²) in [6, 6.07) is 0. The van der Waals surface area contributed by atoms with Crippen molar-refractivity contribution in [2.75, 3.05) is 6.54 Å². The van der Waals surface area contributed by atoms with Gasteiger partial charge in [-0.25, -0.2) is 0 Å². The second kappa shape index (κ2) is 5.76. The van der Waals surface area contributed by atoms with Crippen molar-refractivity contribution in [1.82, 2.24) is 0 Å². The van der Waals surface area contributed by atoms with Gasteiger partial charge in [0.2, 0.25) is 0 Å². The van der Waals surface area contributed by atoms with Crippen molar-refractivity contribution >= 4 is 7.12 Å². The molecule has 0 aromatic carbocycles. The van der Waals surface area contributed by atoms with Gasteiger partial charge < -0.3 is 15.0 Å². The van der Waals surface area contributed by atoms with E-state index in [0.717, 1.165) is 12.8 Å². The van der Waals surface area contributed by atoms with Gasteiger partial charge in [-0.05, 0) is 45.5 Å². The Morgan fingerprint density at radius 3 is 2.11 bits per heavy atom. The lowest BCUT2D eigenvalue weighted by molar-refractivity contribution is 0.00578. The SMILES string of the molecule is CCCC(C)/C(=C\CN)B1OC(C)(C)C(C)(C)O1. The summed E-state index contributed by atoms with van der Waals surface area (Å²) in [5.74, 6) is 0.452. The fourth-order valence-corrected chi connectivity index (χ4v) is 2.24. The maximum absolute atomic E-state index is 6.10. The van der Waals surface area contributed by atoms with Crippen molar-refractivity contribution in [1.29, 1.82) is 0 Å². The third-order valence-electron chi connectivity index (χ3n) is 4.17. The molecule has 1 aliphatic rings. The van der Waals surface area contributed by atoms with Crippen LogP contribution in [0.5, 0.6) is 0 Å². The van der Waals surface area contributed by atoms with Crippen LogP contribution in [0.3, 0.4) is 0 Å². The van der Waals surface area contributed by atoms with Crippen molar-refractivity contribution in [2.45, 2.75) is 65.6 Å². The third kappa shape index (κ3) is 3.17. The maximum atomic E-state index is 6.10. The van der Waals surface area contributed by atoms with Crippen molar-refractivity contribution in [3.8, 4) is 0 Å². The molecule has 1 rings (SSSR count). The predicted molar refractivity (Wildman–Crippen MR) is 77.3 cm³/mol. The van der Waals surface area contributed by atoms with E-state index < -0.39 is 0 Å². The number of nitrogens with two attached hydrogens (primary N) is 1. The van der Waals surface area contributed by atoms with Crippen LogP contribution in [0.1, 0.15) is 54.4 Å². The fraction of sp³-hybridized carbons (Fsp3) is 0.857. The molecule has 1 aliphatic heterocycles. The zero-order chi connectivity index (χ0) is 14.0. The standard InChI is InChI=1S/C14H28BNO2/c1-7-8-11(2)12(9-10-16)15-17-13(3,4)14(5,6)18-15/h9,11H,7-8,10,16H2,1-6H3/b12-9+. The lowest BCUT2D eigenvalue weighted by Gasteiger charge is -2.32. The van der Waals surface area contributed by atoms with Gasteiger partial charge in [0.25, 0.3) is 0 Å². The molecule has 1 saturated heterocycles. The van der Waals surface area contributed by atoms with Gasteiger partial charge >= 0.3 is 7.12 Å². The third-order valence-corrected chi connectivity index (χ3v) is 4.17. The van der Waals surface area contributed by atoms with E-state index in [0.29, 0.717) is 12.5 Å². The van der Waals surface area contributed by atoms with Crippen LogP contribution in [0.4, 0.5) is 0 Å². The van der Waals surface area contributed by atoms with Crippen LogP contribution in [-0.2, 0) is 9.31 Å². The molecule has 3 nitrogen and oxygen atoms in total. The number of rotatable bonds is 5. The van der Waals surface area contributed by atoms with E-state index in [2.05, 4.69) is 47.6 Å². The van der Waals surface area contributed by atoms with E-state index >= 15 is 0 Å². The van der Waals surface area contributed by atoms with Crippen LogP contribution in [0.25, 0.3) is 0 Å². The summed E-state index contributed by atoms with van der Waals surface area (Å²) in [7, 11) is -0.250. The predicted octanol–water partition coefficient (Wildman–Crippen LogP) is 2.94. The molecule has 2 N–H and O–H groups in total. The van der Waals surface area contributed by atoms with Crippen LogP contribution in [0.2, 0.25) is 0 Å². The Bertz CT molecular complexity index is 297. The Balaban J connectivity index is 2.88. The van der Waals surface area contributed by atoms with E-state index in [1.165, 1.54) is 5.47 Å². The van der Waals surface area contributed by atoms with E-state index in [4.69, 9.17) is 15.0 Å². The summed E-state index contributed by atoms with van der Waals surface area (Å²) in [5, 5.41) is 0. The topological polar surface area (TPSA) is 44.5 Å². The molecule has 1 fully saturated rings. The molecule has 0 aromatic heterocycles. The van der Waals surface area contributed by atoms with E-state index in [-0.39, 0.29) is 18.3 Å². The molecule has 4 heteroatoms. The number of hydrogen-bond donors (Lipinski definition) is 1. The van der Waals surface area contributed by atoms with Crippen LogP contribution >= 0.6 is 0 Å². The Hall–Kier alpha value is -0.315. The van der Waals surface area contributed by atoms with Gasteiger partial charge in [0.05, 0.1) is 11.2 Å². The molecule has 0 amide bonds. The average Bonchev–Trinajstić information content (AvgIpc) is 2.44. The molecule has 1 unspecified atom stereocenters. The van der Waals surface area contributed by atoms with Gasteiger partial charge in [0, 0.05) is 6.54 Å². The van der Waals surface area contributed by atoms with Gasteiger partial charge in [-0.15, -0.1) is 0 Å². The highest BCUT2D eigenvalue weighted by Gasteiger charge is 2.52.